The SMILES string of the molecule is CCCCCCP(=O)(CCCCCC)C[NH2+]CCC(c1ccc(O)c(O)c1O)c1ccc(O)c(O)c1O.O=C([O-])C(F)(F)F. The Morgan fingerprint density at radius 3 is 1.55 bits per heavy atom. The quantitative estimate of drug-likeness (QED) is 0.0715. The third-order valence-electron chi connectivity index (χ3n) is 7.26. The molecule has 0 aliphatic rings. The highest BCUT2D eigenvalue weighted by Crippen LogP contribution is 2.48. The van der Waals surface area contributed by atoms with Gasteiger partial charge in [-0.15, -0.1) is 0 Å². The summed E-state index contributed by atoms with van der Waals surface area (Å²) in [5.41, 5.74) is 0.512. The van der Waals surface area contributed by atoms with Crippen molar-refractivity contribution in [2.24, 2.45) is 0 Å². The zero-order valence-electron chi connectivity index (χ0n) is 25.1. The molecule has 0 fully saturated rings. The van der Waals surface area contributed by atoms with Gasteiger partial charge in [0.15, 0.2) is 23.0 Å². The number of aromatic hydroxyl groups is 6. The average Bonchev–Trinajstić information content (AvgIpc) is 2.96. The molecule has 8 N–H and O–H groups in total. The van der Waals surface area contributed by atoms with Crippen LogP contribution in [0.3, 0.4) is 0 Å². The Balaban J connectivity index is 0.00000123. The summed E-state index contributed by atoms with van der Waals surface area (Å²) in [4.78, 5) is 8.78. The molecule has 0 aliphatic heterocycles. The Hall–Kier alpha value is -3.31. The fourth-order valence-electron chi connectivity index (χ4n) is 4.77. The topological polar surface area (TPSA) is 195 Å². The smallest absolute Gasteiger partial charge is 0.430 e. The van der Waals surface area contributed by atoms with Crippen molar-refractivity contribution in [3.05, 3.63) is 35.4 Å². The Morgan fingerprint density at radius 2 is 1.18 bits per heavy atom. The van der Waals surface area contributed by atoms with Crippen LogP contribution in [0.4, 0.5) is 13.2 Å². The number of rotatable bonds is 17. The second-order valence-electron chi connectivity index (χ2n) is 10.8. The molecule has 0 atom stereocenters. The van der Waals surface area contributed by atoms with Gasteiger partial charge in [-0.2, -0.15) is 13.2 Å². The second kappa shape index (κ2) is 18.5. The molecule has 44 heavy (non-hydrogen) atoms. The molecule has 0 bridgehead atoms. The van der Waals surface area contributed by atoms with E-state index in [-0.39, 0.29) is 11.1 Å². The maximum absolute atomic E-state index is 13.8. The molecule has 10 nitrogen and oxygen atoms in total. The van der Waals surface area contributed by atoms with E-state index in [0.29, 0.717) is 19.3 Å². The molecule has 0 unspecified atom stereocenters. The fourth-order valence-corrected chi connectivity index (χ4v) is 7.61. The molecule has 2 aromatic carbocycles. The molecular weight excluding hydrogens is 606 g/mol. The number of carbonyl (C=O) groups excluding carboxylic acids is 1. The van der Waals surface area contributed by atoms with Crippen LogP contribution < -0.4 is 10.4 Å². The van der Waals surface area contributed by atoms with Crippen LogP contribution in [-0.2, 0) is 9.36 Å². The summed E-state index contributed by atoms with van der Waals surface area (Å²) in [6.07, 6.45) is 5.87. The molecule has 14 heteroatoms. The minimum atomic E-state index is -5.19. The van der Waals surface area contributed by atoms with Gasteiger partial charge >= 0.3 is 6.18 Å². The zero-order valence-corrected chi connectivity index (χ0v) is 26.0. The number of nitrogens with two attached hydrogens (primary N) is 1. The van der Waals surface area contributed by atoms with Gasteiger partial charge in [0.05, 0.1) is 6.54 Å². The maximum atomic E-state index is 13.8. The summed E-state index contributed by atoms with van der Waals surface area (Å²) in [7, 11) is -2.35. The molecule has 0 spiro atoms. The number of phenols is 6. The number of hydrogen-bond acceptors (Lipinski definition) is 9. The van der Waals surface area contributed by atoms with Gasteiger partial charge in [0.25, 0.3) is 0 Å². The highest BCUT2D eigenvalue weighted by molar-refractivity contribution is 7.63. The summed E-state index contributed by atoms with van der Waals surface area (Å²) in [5, 5.41) is 71.5. The van der Waals surface area contributed by atoms with Crippen molar-refractivity contribution in [1.82, 2.24) is 0 Å². The summed E-state index contributed by atoms with van der Waals surface area (Å²) in [6.45, 7) is 4.83. The van der Waals surface area contributed by atoms with Crippen LogP contribution >= 0.6 is 7.14 Å². The van der Waals surface area contributed by atoms with Crippen molar-refractivity contribution < 1.29 is 63.6 Å². The van der Waals surface area contributed by atoms with E-state index in [0.717, 1.165) is 63.7 Å². The third-order valence-corrected chi connectivity index (χ3v) is 10.5. The van der Waals surface area contributed by atoms with Crippen molar-refractivity contribution in [2.45, 2.75) is 83.7 Å². The molecule has 0 radical (unpaired) electrons. The molecule has 2 aromatic rings. The summed E-state index contributed by atoms with van der Waals surface area (Å²) in [6, 6.07) is 5.40. The Morgan fingerprint density at radius 1 is 0.773 bits per heavy atom. The van der Waals surface area contributed by atoms with Crippen LogP contribution in [0, 0.1) is 0 Å². The first-order chi connectivity index (χ1) is 20.6. The van der Waals surface area contributed by atoms with Gasteiger partial charge < -0.3 is 50.4 Å². The Labute approximate surface area is 255 Å². The summed E-state index contributed by atoms with van der Waals surface area (Å²) >= 11 is 0. The van der Waals surface area contributed by atoms with Crippen molar-refractivity contribution >= 4 is 13.1 Å². The molecule has 0 amide bonds. The normalized spacial score (nSPS) is 11.8. The molecule has 2 rings (SSSR count). The van der Waals surface area contributed by atoms with Gasteiger partial charge in [-0.1, -0.05) is 64.5 Å². The third kappa shape index (κ3) is 12.4. The summed E-state index contributed by atoms with van der Waals surface area (Å²) < 4.78 is 45.3. The van der Waals surface area contributed by atoms with Gasteiger partial charge in [-0.3, -0.25) is 0 Å². The highest BCUT2D eigenvalue weighted by atomic mass is 31.2. The number of benzene rings is 2. The van der Waals surface area contributed by atoms with Gasteiger partial charge in [-0.25, -0.2) is 0 Å². The monoisotopic (exact) mass is 651 g/mol. The first-order valence-electron chi connectivity index (χ1n) is 14.7. The molecule has 0 aromatic heterocycles. The second-order valence-corrected chi connectivity index (χ2v) is 14.1. The molecule has 0 saturated carbocycles. The van der Waals surface area contributed by atoms with Crippen molar-refractivity contribution in [2.75, 3.05) is 25.2 Å². The lowest BCUT2D eigenvalue weighted by Crippen LogP contribution is -2.84. The molecule has 0 heterocycles. The van der Waals surface area contributed by atoms with E-state index < -0.39 is 59.7 Å². The van der Waals surface area contributed by atoms with E-state index in [1.165, 1.54) is 24.3 Å². The number of halogens is 3. The Bertz CT molecular complexity index is 1170. The standard InChI is InChI=1S/C28H44NO7P.C2HF3O2/c1-3-5-7-9-17-37(36,18-10-8-6-4-2)19-29-16-15-20(21-11-13-23(30)27(34)25(21)32)22-12-14-24(31)28(35)26(22)33;3-2(4,5)1(6)7/h11-14,20,29-35H,3-10,15-19H2,1-2H3;(H,6,7). The predicted molar refractivity (Wildman–Crippen MR) is 158 cm³/mol. The minimum Gasteiger partial charge on any atom is -0.542 e. The number of unbranched alkanes of at least 4 members (excludes halogenated alkanes) is 6. The van der Waals surface area contributed by atoms with Gasteiger partial charge in [-0.05, 0) is 25.0 Å². The molecule has 0 saturated heterocycles. The van der Waals surface area contributed by atoms with Crippen LogP contribution in [0.1, 0.15) is 88.7 Å². The average molecular weight is 652 g/mol. The predicted octanol–water partition coefficient (Wildman–Crippen LogP) is 4.79. The minimum absolute atomic E-state index is 0.256. The van der Waals surface area contributed by atoms with E-state index in [1.54, 1.807) is 0 Å². The van der Waals surface area contributed by atoms with E-state index in [2.05, 4.69) is 13.8 Å². The van der Waals surface area contributed by atoms with Crippen molar-refractivity contribution in [3.8, 4) is 34.5 Å². The number of alkyl halides is 3. The van der Waals surface area contributed by atoms with Gasteiger partial charge in [0.2, 0.25) is 11.5 Å². The van der Waals surface area contributed by atoms with Gasteiger partial charge in [0.1, 0.15) is 19.4 Å². The van der Waals surface area contributed by atoms with Crippen molar-refractivity contribution in [1.29, 1.82) is 0 Å². The summed E-state index contributed by atoms with van der Waals surface area (Å²) in [5.74, 6) is -7.00. The number of carboxylic acid groups (broad SMARTS) is 1. The first-order valence-corrected chi connectivity index (χ1v) is 17.0. The van der Waals surface area contributed by atoms with Gasteiger partial charge in [0, 0.05) is 35.8 Å². The Kier molecular flexibility index (Phi) is 16.3. The lowest BCUT2D eigenvalue weighted by molar-refractivity contribution is -0.638. The number of phenolic OH excluding ortho intramolecular Hbond substituents is 6. The highest BCUT2D eigenvalue weighted by Gasteiger charge is 2.29. The first kappa shape index (κ1) is 38.7. The van der Waals surface area contributed by atoms with Crippen LogP contribution in [0.5, 0.6) is 34.5 Å². The zero-order chi connectivity index (χ0) is 33.5. The van der Waals surface area contributed by atoms with Crippen LogP contribution in [0.15, 0.2) is 24.3 Å². The van der Waals surface area contributed by atoms with Crippen LogP contribution in [-0.4, -0.2) is 67.9 Å². The van der Waals surface area contributed by atoms with E-state index >= 15 is 0 Å². The number of carbonyl (C=O) groups is 1. The molecule has 0 aliphatic carbocycles. The number of carboxylic acids is 1. The molecule has 250 valence electrons. The van der Waals surface area contributed by atoms with Crippen LogP contribution in [0.2, 0.25) is 0 Å². The number of hydrogen-bond donors (Lipinski definition) is 7. The van der Waals surface area contributed by atoms with E-state index in [1.807, 2.05) is 5.32 Å². The fraction of sp³-hybridized carbons (Fsp3) is 0.567. The number of quaternary nitrogens is 1. The molecular formula is C30H45F3NO9P. The van der Waals surface area contributed by atoms with Crippen LogP contribution in [0.25, 0.3) is 0 Å². The lowest BCUT2D eigenvalue weighted by Gasteiger charge is -2.22. The maximum Gasteiger partial charge on any atom is 0.430 e. The number of aliphatic carboxylic acids is 1. The van der Waals surface area contributed by atoms with E-state index in [9.17, 15) is 48.4 Å². The van der Waals surface area contributed by atoms with Crippen molar-refractivity contribution in [3.63, 3.8) is 0 Å². The largest absolute Gasteiger partial charge is 0.542 e. The van der Waals surface area contributed by atoms with E-state index in [4.69, 9.17) is 9.90 Å². The lowest BCUT2D eigenvalue weighted by atomic mass is 9.86.